The molecule has 0 aliphatic rings. The number of nitrogen functional groups attached to an aromatic ring is 1. The van der Waals surface area contributed by atoms with Crippen LogP contribution in [0, 0.1) is 13.8 Å². The Balaban J connectivity index is 2.12. The van der Waals surface area contributed by atoms with E-state index in [1.165, 1.54) is 19.2 Å². The van der Waals surface area contributed by atoms with E-state index < -0.39 is 21.3 Å². The Bertz CT molecular complexity index is 1280. The first-order valence-corrected chi connectivity index (χ1v) is 10.3. The topological polar surface area (TPSA) is 118 Å². The molecule has 0 radical (unpaired) electrons. The van der Waals surface area contributed by atoms with Gasteiger partial charge in [-0.25, -0.2) is 13.2 Å². The second-order valence-corrected chi connectivity index (χ2v) is 8.75. The van der Waals surface area contributed by atoms with Crippen LogP contribution in [0.15, 0.2) is 63.0 Å². The molecule has 1 aromatic heterocycles. The maximum Gasteiger partial charge on any atom is 0.330 e. The van der Waals surface area contributed by atoms with Gasteiger partial charge in [-0.2, -0.15) is 0 Å². The quantitative estimate of drug-likeness (QED) is 0.658. The van der Waals surface area contributed by atoms with Crippen LogP contribution in [0.2, 0.25) is 0 Å². The van der Waals surface area contributed by atoms with Crippen molar-refractivity contribution in [1.29, 1.82) is 0 Å². The molecule has 0 aliphatic carbocycles. The molecule has 1 heterocycles. The van der Waals surface area contributed by atoms with Gasteiger partial charge in [-0.1, -0.05) is 36.4 Å². The fraction of sp³-hybridized carbons (Fsp3) is 0.200. The molecule has 0 saturated carbocycles. The van der Waals surface area contributed by atoms with Crippen molar-refractivity contribution < 1.29 is 8.42 Å². The number of sulfonamides is 1. The van der Waals surface area contributed by atoms with Crippen LogP contribution in [0.25, 0.3) is 0 Å². The van der Waals surface area contributed by atoms with Crippen molar-refractivity contribution in [2.75, 3.05) is 17.1 Å². The van der Waals surface area contributed by atoms with Gasteiger partial charge in [0.1, 0.15) is 5.82 Å². The highest BCUT2D eigenvalue weighted by Gasteiger charge is 2.27. The number of nitrogens with one attached hydrogen (secondary N) is 1. The number of hydrogen-bond donors (Lipinski definition) is 2. The lowest BCUT2D eigenvalue weighted by molar-refractivity contribution is 0.593. The summed E-state index contributed by atoms with van der Waals surface area (Å²) >= 11 is 0. The third kappa shape index (κ3) is 3.81. The molecular formula is C20H22N4O4S. The summed E-state index contributed by atoms with van der Waals surface area (Å²) in [4.78, 5) is 26.9. The van der Waals surface area contributed by atoms with E-state index >= 15 is 0 Å². The van der Waals surface area contributed by atoms with E-state index in [4.69, 9.17) is 5.73 Å². The van der Waals surface area contributed by atoms with Crippen molar-refractivity contribution in [1.82, 2.24) is 9.55 Å². The lowest BCUT2D eigenvalue weighted by Gasteiger charge is -2.22. The molecule has 0 amide bonds. The number of rotatable bonds is 5. The molecule has 3 N–H and O–H groups in total. The number of H-pyrrole nitrogens is 1. The summed E-state index contributed by atoms with van der Waals surface area (Å²) in [6.45, 7) is 3.76. The number of nitrogens with two attached hydrogens (primary N) is 1. The minimum atomic E-state index is -4.06. The van der Waals surface area contributed by atoms with Gasteiger partial charge in [0, 0.05) is 7.05 Å². The van der Waals surface area contributed by atoms with Crippen LogP contribution in [0.3, 0.4) is 0 Å². The Morgan fingerprint density at radius 1 is 1.03 bits per heavy atom. The average Bonchev–Trinajstić information content (AvgIpc) is 2.67. The lowest BCUT2D eigenvalue weighted by atomic mass is 10.1. The van der Waals surface area contributed by atoms with Crippen molar-refractivity contribution in [2.24, 2.45) is 0 Å². The van der Waals surface area contributed by atoms with E-state index in [1.807, 2.05) is 13.0 Å². The fourth-order valence-corrected chi connectivity index (χ4v) is 4.26. The summed E-state index contributed by atoms with van der Waals surface area (Å²) in [5.74, 6) is -0.225. The standard InChI is InChI=1S/C20H22N4O4S/c1-13-9-10-16(11-14(13)2)29(27,28)23(3)17-18(21)24(20(26)22-19(17)25)12-15-7-5-4-6-8-15/h4-11H,12,21H2,1-3H3,(H,22,25,26). The highest BCUT2D eigenvalue weighted by molar-refractivity contribution is 7.92. The number of aryl methyl sites for hydroxylation is 2. The Kier molecular flexibility index (Phi) is 5.34. The van der Waals surface area contributed by atoms with Crippen LogP contribution in [-0.2, 0) is 16.6 Å². The molecule has 3 aromatic rings. The van der Waals surface area contributed by atoms with Gasteiger partial charge in [0.15, 0.2) is 5.69 Å². The number of anilines is 2. The summed E-state index contributed by atoms with van der Waals surface area (Å²) in [5, 5.41) is 0. The van der Waals surface area contributed by atoms with Crippen LogP contribution in [0.4, 0.5) is 11.5 Å². The molecule has 0 fully saturated rings. The largest absolute Gasteiger partial charge is 0.383 e. The van der Waals surface area contributed by atoms with Crippen molar-refractivity contribution in [2.45, 2.75) is 25.3 Å². The highest BCUT2D eigenvalue weighted by atomic mass is 32.2. The van der Waals surface area contributed by atoms with Crippen molar-refractivity contribution in [3.63, 3.8) is 0 Å². The molecule has 0 unspecified atom stereocenters. The van der Waals surface area contributed by atoms with Gasteiger partial charge >= 0.3 is 5.69 Å². The van der Waals surface area contributed by atoms with E-state index in [0.29, 0.717) is 0 Å². The Morgan fingerprint density at radius 3 is 2.31 bits per heavy atom. The fourth-order valence-electron chi connectivity index (χ4n) is 2.96. The average molecular weight is 414 g/mol. The summed E-state index contributed by atoms with van der Waals surface area (Å²) in [6, 6.07) is 13.7. The molecule has 2 aromatic carbocycles. The Labute approximate surface area is 168 Å². The molecule has 152 valence electrons. The van der Waals surface area contributed by atoms with Crippen LogP contribution in [0.1, 0.15) is 16.7 Å². The smallest absolute Gasteiger partial charge is 0.330 e. The highest BCUT2D eigenvalue weighted by Crippen LogP contribution is 2.24. The van der Waals surface area contributed by atoms with E-state index in [9.17, 15) is 18.0 Å². The van der Waals surface area contributed by atoms with E-state index in [-0.39, 0.29) is 22.9 Å². The van der Waals surface area contributed by atoms with E-state index in [2.05, 4.69) is 4.98 Å². The van der Waals surface area contributed by atoms with Gasteiger partial charge in [0.2, 0.25) is 0 Å². The van der Waals surface area contributed by atoms with Crippen molar-refractivity contribution in [3.05, 3.63) is 86.1 Å². The first-order chi connectivity index (χ1) is 13.6. The lowest BCUT2D eigenvalue weighted by Crippen LogP contribution is -2.39. The molecule has 0 spiro atoms. The van der Waals surface area contributed by atoms with Gasteiger partial charge in [0.25, 0.3) is 15.6 Å². The van der Waals surface area contributed by atoms with Crippen LogP contribution in [-0.4, -0.2) is 25.0 Å². The normalized spacial score (nSPS) is 11.4. The van der Waals surface area contributed by atoms with Crippen LogP contribution in [0.5, 0.6) is 0 Å². The number of nitrogens with zero attached hydrogens (tertiary/aromatic N) is 2. The zero-order valence-electron chi connectivity index (χ0n) is 16.3. The Morgan fingerprint density at radius 2 is 1.69 bits per heavy atom. The Hall–Kier alpha value is -3.33. The van der Waals surface area contributed by atoms with Crippen LogP contribution < -0.4 is 21.3 Å². The zero-order chi connectivity index (χ0) is 21.3. The second-order valence-electron chi connectivity index (χ2n) is 6.78. The first-order valence-electron chi connectivity index (χ1n) is 8.85. The molecule has 0 saturated heterocycles. The molecule has 0 aliphatic heterocycles. The van der Waals surface area contributed by atoms with E-state index in [0.717, 1.165) is 25.6 Å². The van der Waals surface area contributed by atoms with Gasteiger partial charge in [-0.05, 0) is 42.7 Å². The minimum Gasteiger partial charge on any atom is -0.383 e. The SMILES string of the molecule is Cc1ccc(S(=O)(=O)N(C)c2c(N)n(Cc3ccccc3)c(=O)[nH]c2=O)cc1C. The predicted molar refractivity (Wildman–Crippen MR) is 113 cm³/mol. The maximum atomic E-state index is 13.1. The molecule has 8 nitrogen and oxygen atoms in total. The summed E-state index contributed by atoms with van der Waals surface area (Å²) in [5.41, 5.74) is 6.74. The second kappa shape index (κ2) is 7.59. The number of hydrogen-bond acceptors (Lipinski definition) is 5. The van der Waals surface area contributed by atoms with E-state index in [1.54, 1.807) is 37.3 Å². The van der Waals surface area contributed by atoms with Gasteiger partial charge in [-0.3, -0.25) is 18.7 Å². The molecule has 9 heteroatoms. The monoisotopic (exact) mass is 414 g/mol. The number of benzene rings is 2. The third-order valence-electron chi connectivity index (χ3n) is 4.85. The first kappa shape index (κ1) is 20.4. The summed E-state index contributed by atoms with van der Waals surface area (Å²) in [6.07, 6.45) is 0. The molecule has 0 atom stereocenters. The molecular weight excluding hydrogens is 392 g/mol. The van der Waals surface area contributed by atoms with Gasteiger partial charge in [-0.15, -0.1) is 0 Å². The summed E-state index contributed by atoms with van der Waals surface area (Å²) < 4.78 is 28.1. The predicted octanol–water partition coefficient (Wildman–Crippen LogP) is 1.61. The summed E-state index contributed by atoms with van der Waals surface area (Å²) in [7, 11) is -2.82. The third-order valence-corrected chi connectivity index (χ3v) is 6.60. The molecule has 29 heavy (non-hydrogen) atoms. The number of aromatic nitrogens is 2. The molecule has 3 rings (SSSR count). The minimum absolute atomic E-state index is 0.0303. The zero-order valence-corrected chi connectivity index (χ0v) is 17.2. The van der Waals surface area contributed by atoms with Crippen molar-refractivity contribution >= 4 is 21.5 Å². The van der Waals surface area contributed by atoms with Crippen LogP contribution >= 0.6 is 0 Å². The molecule has 0 bridgehead atoms. The maximum absolute atomic E-state index is 13.1. The van der Waals surface area contributed by atoms with Gasteiger partial charge in [0.05, 0.1) is 11.4 Å². The van der Waals surface area contributed by atoms with Gasteiger partial charge < -0.3 is 5.73 Å². The van der Waals surface area contributed by atoms with Crippen molar-refractivity contribution in [3.8, 4) is 0 Å². The number of aromatic amines is 1.